The van der Waals surface area contributed by atoms with Crippen molar-refractivity contribution in [1.82, 2.24) is 4.90 Å². The van der Waals surface area contributed by atoms with Crippen LogP contribution in [0.3, 0.4) is 0 Å². The molecule has 0 aromatic heterocycles. The lowest BCUT2D eigenvalue weighted by atomic mass is 9.85. The van der Waals surface area contributed by atoms with E-state index in [0.717, 1.165) is 60.3 Å². The molecule has 198 valence electrons. The molecule has 3 aromatic rings. The molecule has 0 radical (unpaired) electrons. The number of fused-ring (bicyclic) bond motifs is 1. The minimum atomic E-state index is -0.968. The number of alkyl halides is 2. The molecule has 38 heavy (non-hydrogen) atoms. The van der Waals surface area contributed by atoms with E-state index in [4.69, 9.17) is 0 Å². The van der Waals surface area contributed by atoms with Gasteiger partial charge < -0.3 is 10.0 Å². The van der Waals surface area contributed by atoms with E-state index in [-0.39, 0.29) is 12.2 Å². The summed E-state index contributed by atoms with van der Waals surface area (Å²) in [5.41, 5.74) is 7.26. The molecular weight excluding hydrogens is 487 g/mol. The maximum Gasteiger partial charge on any atom is 0.335 e. The van der Waals surface area contributed by atoms with E-state index in [1.54, 1.807) is 18.2 Å². The Bertz CT molecular complexity index is 1340. The number of carbonyl (C=O) groups is 1. The largest absolute Gasteiger partial charge is 0.478 e. The van der Waals surface area contributed by atoms with Gasteiger partial charge in [0.05, 0.1) is 12.2 Å². The fraction of sp³-hybridized carbons (Fsp3) is 0.344. The van der Waals surface area contributed by atoms with Crippen LogP contribution in [0, 0.1) is 11.7 Å². The van der Waals surface area contributed by atoms with Gasteiger partial charge in [-0.25, -0.2) is 13.6 Å². The summed E-state index contributed by atoms with van der Waals surface area (Å²) in [4.78, 5) is 13.9. The van der Waals surface area contributed by atoms with Crippen molar-refractivity contribution in [3.8, 4) is 0 Å². The fourth-order valence-electron chi connectivity index (χ4n) is 5.90. The first-order valence-corrected chi connectivity index (χ1v) is 13.3. The van der Waals surface area contributed by atoms with Crippen molar-refractivity contribution in [2.75, 3.05) is 26.3 Å². The number of aryl methyl sites for hydroxylation is 1. The molecule has 1 aliphatic heterocycles. The van der Waals surface area contributed by atoms with Crippen molar-refractivity contribution in [2.45, 2.75) is 38.8 Å². The van der Waals surface area contributed by atoms with Crippen molar-refractivity contribution >= 4 is 17.1 Å². The Morgan fingerprint density at radius 1 is 0.947 bits per heavy atom. The maximum absolute atomic E-state index is 14.0. The van der Waals surface area contributed by atoms with Crippen LogP contribution in [0.1, 0.15) is 63.0 Å². The van der Waals surface area contributed by atoms with Crippen molar-refractivity contribution in [3.63, 3.8) is 0 Å². The molecular formula is C32H32F3NO2. The number of nitrogens with zero attached hydrogens (tertiary/aromatic N) is 1. The lowest BCUT2D eigenvalue weighted by Gasteiger charge is -2.39. The van der Waals surface area contributed by atoms with E-state index < -0.39 is 18.5 Å². The highest BCUT2D eigenvalue weighted by Gasteiger charge is 2.27. The SMILES string of the molecule is O=C(O)c1ccc2c(c1)CCCC(c1ccc(F)cc1CF)=C2c1ccc(CC2CN(CCCF)C2)cc1. The average Bonchev–Trinajstić information content (AvgIpc) is 3.09. The van der Waals surface area contributed by atoms with Crippen molar-refractivity contribution < 1.29 is 23.1 Å². The van der Waals surface area contributed by atoms with Gasteiger partial charge in [-0.05, 0) is 107 Å². The van der Waals surface area contributed by atoms with Crippen LogP contribution in [0.2, 0.25) is 0 Å². The molecule has 1 saturated heterocycles. The second kappa shape index (κ2) is 11.6. The van der Waals surface area contributed by atoms with Crippen LogP contribution in [-0.4, -0.2) is 42.3 Å². The van der Waals surface area contributed by atoms with Gasteiger partial charge in [-0.3, -0.25) is 4.39 Å². The van der Waals surface area contributed by atoms with E-state index in [2.05, 4.69) is 29.2 Å². The zero-order valence-electron chi connectivity index (χ0n) is 21.4. The highest BCUT2D eigenvalue weighted by molar-refractivity contribution is 6.01. The minimum absolute atomic E-state index is 0.245. The fourth-order valence-corrected chi connectivity index (χ4v) is 5.90. The van der Waals surface area contributed by atoms with Crippen molar-refractivity contribution in [2.24, 2.45) is 5.92 Å². The van der Waals surface area contributed by atoms with Crippen LogP contribution < -0.4 is 0 Å². The number of aromatic carboxylic acids is 1. The number of likely N-dealkylation sites (tertiary alicyclic amines) is 1. The number of allylic oxidation sites excluding steroid dienone is 1. The number of carboxylic acid groups (broad SMARTS) is 1. The number of rotatable bonds is 9. The molecule has 2 aliphatic rings. The molecule has 1 aliphatic carbocycles. The molecule has 1 heterocycles. The van der Waals surface area contributed by atoms with Gasteiger partial charge in [-0.1, -0.05) is 36.4 Å². The molecule has 0 saturated carbocycles. The number of hydrogen-bond donors (Lipinski definition) is 1. The maximum atomic E-state index is 14.0. The number of hydrogen-bond acceptors (Lipinski definition) is 2. The topological polar surface area (TPSA) is 40.5 Å². The summed E-state index contributed by atoms with van der Waals surface area (Å²) in [5, 5.41) is 9.54. The molecule has 1 fully saturated rings. The number of carboxylic acids is 1. The van der Waals surface area contributed by atoms with Gasteiger partial charge in [0.25, 0.3) is 0 Å². The Morgan fingerprint density at radius 3 is 2.42 bits per heavy atom. The zero-order valence-corrected chi connectivity index (χ0v) is 21.4. The third-order valence-corrected chi connectivity index (χ3v) is 7.74. The second-order valence-corrected chi connectivity index (χ2v) is 10.4. The van der Waals surface area contributed by atoms with Crippen LogP contribution >= 0.6 is 0 Å². The monoisotopic (exact) mass is 519 g/mol. The van der Waals surface area contributed by atoms with E-state index in [9.17, 15) is 23.1 Å². The van der Waals surface area contributed by atoms with Crippen LogP contribution in [0.5, 0.6) is 0 Å². The molecule has 0 amide bonds. The standard InChI is InChI=1S/C32H32F3NO2/c33-13-2-14-36-19-22(20-36)15-21-5-7-23(8-6-21)31-29-11-9-25(32(37)38)16-24(29)3-1-4-30(31)28-12-10-27(35)17-26(28)18-34/h5-12,16-17,22H,1-4,13-15,18-20H2,(H,37,38). The highest BCUT2D eigenvalue weighted by atomic mass is 19.1. The molecule has 0 atom stereocenters. The van der Waals surface area contributed by atoms with E-state index in [1.165, 1.54) is 17.7 Å². The first-order chi connectivity index (χ1) is 18.5. The Labute approximate surface area is 221 Å². The van der Waals surface area contributed by atoms with Gasteiger partial charge in [-0.15, -0.1) is 0 Å². The minimum Gasteiger partial charge on any atom is -0.478 e. The van der Waals surface area contributed by atoms with Crippen LogP contribution in [-0.2, 0) is 19.5 Å². The average molecular weight is 520 g/mol. The first kappa shape index (κ1) is 26.2. The Hall–Kier alpha value is -3.38. The van der Waals surface area contributed by atoms with Gasteiger partial charge in [0.15, 0.2) is 0 Å². The summed E-state index contributed by atoms with van der Waals surface area (Å²) in [6.45, 7) is 1.76. The molecule has 1 N–H and O–H groups in total. The molecule has 0 bridgehead atoms. The molecule has 3 nitrogen and oxygen atoms in total. The Balaban J connectivity index is 1.53. The van der Waals surface area contributed by atoms with Crippen molar-refractivity contribution in [1.29, 1.82) is 0 Å². The first-order valence-electron chi connectivity index (χ1n) is 13.3. The van der Waals surface area contributed by atoms with Crippen LogP contribution in [0.25, 0.3) is 11.1 Å². The third kappa shape index (κ3) is 5.56. The van der Waals surface area contributed by atoms with Crippen LogP contribution in [0.4, 0.5) is 13.2 Å². The molecule has 0 spiro atoms. The lowest BCUT2D eigenvalue weighted by Crippen LogP contribution is -2.47. The summed E-state index contributed by atoms with van der Waals surface area (Å²) >= 11 is 0. The Kier molecular flexibility index (Phi) is 7.98. The normalized spacial score (nSPS) is 16.2. The van der Waals surface area contributed by atoms with Gasteiger partial charge in [-0.2, -0.15) is 0 Å². The number of halogens is 3. The predicted molar refractivity (Wildman–Crippen MR) is 144 cm³/mol. The molecule has 5 rings (SSSR count). The van der Waals surface area contributed by atoms with Gasteiger partial charge in [0.1, 0.15) is 12.5 Å². The number of benzene rings is 3. The summed E-state index contributed by atoms with van der Waals surface area (Å²) in [6, 6.07) is 17.9. The summed E-state index contributed by atoms with van der Waals surface area (Å²) in [5.74, 6) is -0.869. The smallest absolute Gasteiger partial charge is 0.335 e. The summed E-state index contributed by atoms with van der Waals surface area (Å²) < 4.78 is 40.4. The predicted octanol–water partition coefficient (Wildman–Crippen LogP) is 7.12. The summed E-state index contributed by atoms with van der Waals surface area (Å²) in [7, 11) is 0. The lowest BCUT2D eigenvalue weighted by molar-refractivity contribution is 0.0696. The van der Waals surface area contributed by atoms with E-state index in [0.29, 0.717) is 36.3 Å². The van der Waals surface area contributed by atoms with Crippen molar-refractivity contribution in [3.05, 3.63) is 105 Å². The highest BCUT2D eigenvalue weighted by Crippen LogP contribution is 2.41. The van der Waals surface area contributed by atoms with E-state index >= 15 is 0 Å². The van der Waals surface area contributed by atoms with Gasteiger partial charge in [0, 0.05) is 19.6 Å². The summed E-state index contributed by atoms with van der Waals surface area (Å²) in [6.07, 6.45) is 3.70. The molecule has 0 unspecified atom stereocenters. The van der Waals surface area contributed by atoms with Gasteiger partial charge >= 0.3 is 5.97 Å². The van der Waals surface area contributed by atoms with Gasteiger partial charge in [0.2, 0.25) is 0 Å². The van der Waals surface area contributed by atoms with Crippen LogP contribution in [0.15, 0.2) is 60.7 Å². The quantitative estimate of drug-likeness (QED) is 0.327. The zero-order chi connectivity index (χ0) is 26.6. The molecule has 6 heteroatoms. The second-order valence-electron chi connectivity index (χ2n) is 10.4. The third-order valence-electron chi connectivity index (χ3n) is 7.74. The molecule has 3 aromatic carbocycles. The van der Waals surface area contributed by atoms with E-state index in [1.807, 2.05) is 6.07 Å². The Morgan fingerprint density at radius 2 is 1.71 bits per heavy atom.